The smallest absolute Gasteiger partial charge is 0.229 e. The lowest BCUT2D eigenvalue weighted by Crippen LogP contribution is -2.35. The molecule has 0 radical (unpaired) electrons. The van der Waals surface area contributed by atoms with Crippen molar-refractivity contribution in [1.82, 2.24) is 15.0 Å². The van der Waals surface area contributed by atoms with Crippen molar-refractivity contribution in [1.29, 1.82) is 0 Å². The van der Waals surface area contributed by atoms with Gasteiger partial charge in [-0.2, -0.15) is 4.98 Å². The molecule has 5 N–H and O–H groups in total. The van der Waals surface area contributed by atoms with Crippen molar-refractivity contribution in [3.63, 3.8) is 0 Å². The van der Waals surface area contributed by atoms with Gasteiger partial charge in [-0.3, -0.25) is 0 Å². The van der Waals surface area contributed by atoms with Crippen LogP contribution in [0.1, 0.15) is 12.1 Å². The van der Waals surface area contributed by atoms with E-state index in [1.54, 1.807) is 12.1 Å². The van der Waals surface area contributed by atoms with E-state index >= 15 is 0 Å². The average molecular weight is 498 g/mol. The maximum atomic E-state index is 10.6. The molecule has 1 aliphatic carbocycles. The largest absolute Gasteiger partial charge is 0.396 e. The van der Waals surface area contributed by atoms with Crippen LogP contribution >= 0.6 is 22.9 Å². The van der Waals surface area contributed by atoms with Gasteiger partial charge >= 0.3 is 0 Å². The van der Waals surface area contributed by atoms with Gasteiger partial charge in [-0.25, -0.2) is 9.97 Å². The Labute approximate surface area is 205 Å². The van der Waals surface area contributed by atoms with Crippen LogP contribution < -0.4 is 10.6 Å². The Balaban J connectivity index is 1.56. The Morgan fingerprint density at radius 1 is 1.03 bits per heavy atom. The predicted molar refractivity (Wildman–Crippen MR) is 135 cm³/mol. The Kier molecular flexibility index (Phi) is 6.37. The molecule has 2 aromatic heterocycles. The van der Waals surface area contributed by atoms with Crippen LogP contribution in [-0.4, -0.2) is 55.1 Å². The van der Waals surface area contributed by atoms with Gasteiger partial charge in [0.25, 0.3) is 0 Å². The van der Waals surface area contributed by atoms with Crippen molar-refractivity contribution in [2.24, 2.45) is 5.92 Å². The molecular formula is C24H24ClN5O3S. The molecule has 2 aromatic carbocycles. The van der Waals surface area contributed by atoms with Crippen LogP contribution in [0.4, 0.5) is 17.5 Å². The van der Waals surface area contributed by atoms with Gasteiger partial charge in [-0.1, -0.05) is 23.7 Å². The molecule has 4 atom stereocenters. The molecule has 1 aliphatic rings. The maximum absolute atomic E-state index is 10.6. The van der Waals surface area contributed by atoms with E-state index in [1.807, 2.05) is 43.3 Å². The fourth-order valence-electron chi connectivity index (χ4n) is 4.26. The molecule has 1 fully saturated rings. The molecule has 0 saturated heterocycles. The van der Waals surface area contributed by atoms with E-state index in [0.717, 1.165) is 26.5 Å². The van der Waals surface area contributed by atoms with Crippen LogP contribution in [0, 0.1) is 12.8 Å². The number of thiazole rings is 1. The molecule has 4 aromatic rings. The highest BCUT2D eigenvalue weighted by Crippen LogP contribution is 2.38. The quantitative estimate of drug-likeness (QED) is 0.271. The number of nitrogens with one attached hydrogen (secondary N) is 2. The van der Waals surface area contributed by atoms with Crippen LogP contribution in [0.15, 0.2) is 48.5 Å². The molecule has 10 heteroatoms. The number of fused-ring (bicyclic) bond motifs is 1. The van der Waals surface area contributed by atoms with E-state index in [-0.39, 0.29) is 6.61 Å². The van der Waals surface area contributed by atoms with Gasteiger partial charge in [-0.15, -0.1) is 11.3 Å². The van der Waals surface area contributed by atoms with E-state index in [0.29, 0.717) is 28.9 Å². The van der Waals surface area contributed by atoms with Crippen molar-refractivity contribution >= 4 is 50.6 Å². The third kappa shape index (κ3) is 4.45. The highest BCUT2D eigenvalue weighted by molar-refractivity contribution is 7.21. The van der Waals surface area contributed by atoms with Crippen molar-refractivity contribution in [3.05, 3.63) is 59.2 Å². The van der Waals surface area contributed by atoms with Gasteiger partial charge in [0.15, 0.2) is 0 Å². The molecule has 0 unspecified atom stereocenters. The first-order valence-corrected chi connectivity index (χ1v) is 12.1. The van der Waals surface area contributed by atoms with Crippen molar-refractivity contribution in [3.8, 4) is 10.6 Å². The molecule has 0 aliphatic heterocycles. The summed E-state index contributed by atoms with van der Waals surface area (Å²) < 4.78 is 1.04. The van der Waals surface area contributed by atoms with Crippen LogP contribution in [0.5, 0.6) is 0 Å². The third-order valence-electron chi connectivity index (χ3n) is 6.06. The van der Waals surface area contributed by atoms with Crippen molar-refractivity contribution < 1.29 is 15.3 Å². The number of benzene rings is 2. The summed E-state index contributed by atoms with van der Waals surface area (Å²) in [6.07, 6.45) is -1.65. The molecule has 8 nitrogen and oxygen atoms in total. The lowest BCUT2D eigenvalue weighted by atomic mass is 10.1. The molecular weight excluding hydrogens is 474 g/mol. The minimum absolute atomic E-state index is 0.201. The number of aromatic nitrogens is 3. The minimum atomic E-state index is -1.04. The number of hydrogen-bond donors (Lipinski definition) is 5. The van der Waals surface area contributed by atoms with Gasteiger partial charge in [0, 0.05) is 23.2 Å². The number of rotatable bonds is 6. The number of anilines is 3. The van der Waals surface area contributed by atoms with E-state index < -0.39 is 24.2 Å². The molecule has 5 rings (SSSR count). The summed E-state index contributed by atoms with van der Waals surface area (Å²) in [5, 5.41) is 38.3. The second kappa shape index (κ2) is 9.44. The van der Waals surface area contributed by atoms with Crippen LogP contribution in [-0.2, 0) is 0 Å². The highest BCUT2D eigenvalue weighted by atomic mass is 35.5. The number of hydrogen-bond acceptors (Lipinski definition) is 9. The minimum Gasteiger partial charge on any atom is -0.396 e. The van der Waals surface area contributed by atoms with Crippen LogP contribution in [0.25, 0.3) is 20.8 Å². The van der Waals surface area contributed by atoms with Gasteiger partial charge in [-0.05, 0) is 49.7 Å². The number of aliphatic hydroxyl groups is 3. The summed E-state index contributed by atoms with van der Waals surface area (Å²) >= 11 is 7.53. The number of aliphatic hydroxyl groups excluding tert-OH is 3. The van der Waals surface area contributed by atoms with Gasteiger partial charge in [0.05, 0.1) is 33.6 Å². The van der Waals surface area contributed by atoms with E-state index in [9.17, 15) is 15.3 Å². The molecule has 2 heterocycles. The summed E-state index contributed by atoms with van der Waals surface area (Å²) in [5.74, 6) is 0.463. The Hall–Kier alpha value is -2.82. The third-order valence-corrected chi connectivity index (χ3v) is 7.36. The lowest BCUT2D eigenvalue weighted by molar-refractivity contribution is 0.00446. The predicted octanol–water partition coefficient (Wildman–Crippen LogP) is 3.97. The fourth-order valence-corrected chi connectivity index (χ4v) is 5.44. The first kappa shape index (κ1) is 22.9. The average Bonchev–Trinajstić information content (AvgIpc) is 3.36. The summed E-state index contributed by atoms with van der Waals surface area (Å²) in [6, 6.07) is 14.6. The summed E-state index contributed by atoms with van der Waals surface area (Å²) in [5.41, 5.74) is 3.10. The van der Waals surface area contributed by atoms with Gasteiger partial charge in [0.2, 0.25) is 5.95 Å². The zero-order valence-electron chi connectivity index (χ0n) is 18.3. The fraction of sp³-hybridized carbons (Fsp3) is 0.292. The number of nitrogens with zero attached hydrogens (tertiary/aromatic N) is 3. The standard InChI is InChI=1S/C24H24ClN5O3S/c1-12-19(23-29-16-4-2-3-5-18(16)34-23)22(28-17-10-13(11-31)20(32)21(17)33)30-24(26-12)27-15-8-6-14(25)7-9-15/h2-9,13,17,20-21,31-33H,10-11H2,1H3,(H2,26,27,28,30)/t13-,17-,20-,21+/m1/s1. The Morgan fingerprint density at radius 2 is 1.79 bits per heavy atom. The van der Waals surface area contributed by atoms with E-state index in [1.165, 1.54) is 11.3 Å². The maximum Gasteiger partial charge on any atom is 0.229 e. The first-order chi connectivity index (χ1) is 16.4. The lowest BCUT2D eigenvalue weighted by Gasteiger charge is -2.21. The Morgan fingerprint density at radius 3 is 2.50 bits per heavy atom. The molecule has 176 valence electrons. The molecule has 0 amide bonds. The molecule has 0 bridgehead atoms. The van der Waals surface area contributed by atoms with Crippen LogP contribution in [0.2, 0.25) is 5.02 Å². The summed E-state index contributed by atoms with van der Waals surface area (Å²) in [4.78, 5) is 14.2. The number of halogens is 1. The first-order valence-electron chi connectivity index (χ1n) is 10.9. The molecule has 34 heavy (non-hydrogen) atoms. The Bertz CT molecular complexity index is 1280. The number of para-hydroxylation sites is 1. The SMILES string of the molecule is Cc1nc(Nc2ccc(Cl)cc2)nc(N[C@@H]2C[C@H](CO)[C@@H](O)[C@H]2O)c1-c1nc2ccccc2s1. The zero-order chi connectivity index (χ0) is 23.8. The number of aryl methyl sites for hydroxylation is 1. The van der Waals surface area contributed by atoms with E-state index in [2.05, 4.69) is 15.6 Å². The van der Waals surface area contributed by atoms with Gasteiger partial charge < -0.3 is 26.0 Å². The van der Waals surface area contributed by atoms with Crippen LogP contribution in [0.3, 0.4) is 0 Å². The van der Waals surface area contributed by atoms with Crippen molar-refractivity contribution in [2.75, 3.05) is 17.2 Å². The summed E-state index contributed by atoms with van der Waals surface area (Å²) in [6.45, 7) is 1.69. The second-order valence-corrected chi connectivity index (χ2v) is 9.85. The normalized spacial score (nSPS) is 22.3. The summed E-state index contributed by atoms with van der Waals surface area (Å²) in [7, 11) is 0. The molecule has 0 spiro atoms. The van der Waals surface area contributed by atoms with E-state index in [4.69, 9.17) is 21.6 Å². The zero-order valence-corrected chi connectivity index (χ0v) is 19.9. The monoisotopic (exact) mass is 497 g/mol. The van der Waals surface area contributed by atoms with Gasteiger partial charge in [0.1, 0.15) is 16.9 Å². The molecule has 1 saturated carbocycles. The highest BCUT2D eigenvalue weighted by Gasteiger charge is 2.41. The van der Waals surface area contributed by atoms with Crippen molar-refractivity contribution in [2.45, 2.75) is 31.6 Å². The second-order valence-electron chi connectivity index (χ2n) is 8.39. The topological polar surface area (TPSA) is 123 Å².